The van der Waals surface area contributed by atoms with Crippen LogP contribution in [0, 0.1) is 0 Å². The van der Waals surface area contributed by atoms with Crippen LogP contribution in [0.3, 0.4) is 0 Å². The van der Waals surface area contributed by atoms with E-state index in [2.05, 4.69) is 38.6 Å². The zero-order chi connectivity index (χ0) is 15.5. The Kier molecular flexibility index (Phi) is 4.73. The van der Waals surface area contributed by atoms with Crippen molar-refractivity contribution in [3.05, 3.63) is 5.82 Å². The minimum absolute atomic E-state index is 0.309. The molecule has 122 valence electrons. The van der Waals surface area contributed by atoms with E-state index in [1.807, 2.05) is 0 Å². The van der Waals surface area contributed by atoms with Crippen molar-refractivity contribution >= 4 is 11.9 Å². The smallest absolute Gasteiger partial charge is 0.230 e. The number of nitrogens with zero attached hydrogens (tertiary/aromatic N) is 5. The average molecular weight is 306 g/mol. The monoisotopic (exact) mass is 306 g/mol. The molecular weight excluding hydrogens is 280 g/mol. The topological polar surface area (TPSA) is 80.4 Å². The fraction of sp³-hybridized carbons (Fsp3) is 0.800. The third-order valence-electron chi connectivity index (χ3n) is 4.68. The Morgan fingerprint density at radius 1 is 1.09 bits per heavy atom. The maximum Gasteiger partial charge on any atom is 0.230 e. The molecule has 2 aliphatic heterocycles. The maximum absolute atomic E-state index is 5.90. The van der Waals surface area contributed by atoms with Gasteiger partial charge in [0.25, 0.3) is 0 Å². The number of nitrogen functional groups attached to an aromatic ring is 1. The zero-order valence-corrected chi connectivity index (χ0v) is 13.5. The molecule has 3 rings (SSSR count). The molecule has 2 fully saturated rings. The summed E-state index contributed by atoms with van der Waals surface area (Å²) in [4.78, 5) is 17.9. The minimum Gasteiger partial charge on any atom is -0.378 e. The van der Waals surface area contributed by atoms with Gasteiger partial charge in [0.15, 0.2) is 0 Å². The lowest BCUT2D eigenvalue weighted by Gasteiger charge is -2.38. The molecule has 2 aliphatic rings. The van der Waals surface area contributed by atoms with Crippen molar-refractivity contribution in [2.75, 3.05) is 36.9 Å². The van der Waals surface area contributed by atoms with Gasteiger partial charge in [-0.2, -0.15) is 15.0 Å². The average Bonchev–Trinajstić information content (AvgIpc) is 2.51. The number of likely N-dealkylation sites (tertiary alicyclic amines) is 1. The fourth-order valence-electron chi connectivity index (χ4n) is 3.35. The number of ether oxygens (including phenoxy) is 1. The van der Waals surface area contributed by atoms with Crippen LogP contribution < -0.4 is 10.6 Å². The highest BCUT2D eigenvalue weighted by atomic mass is 16.5. The van der Waals surface area contributed by atoms with Crippen LogP contribution in [0.2, 0.25) is 0 Å². The summed E-state index contributed by atoms with van der Waals surface area (Å²) in [5.74, 6) is 1.77. The van der Waals surface area contributed by atoms with Crippen LogP contribution in [0.25, 0.3) is 0 Å². The lowest BCUT2D eigenvalue weighted by Crippen LogP contribution is -2.43. The molecule has 1 aromatic heterocycles. The first-order valence-electron chi connectivity index (χ1n) is 8.22. The largest absolute Gasteiger partial charge is 0.378 e. The lowest BCUT2D eigenvalue weighted by molar-refractivity contribution is 0.0921. The Morgan fingerprint density at radius 2 is 1.77 bits per heavy atom. The Hall–Kier alpha value is -1.47. The van der Waals surface area contributed by atoms with Gasteiger partial charge < -0.3 is 15.4 Å². The van der Waals surface area contributed by atoms with Gasteiger partial charge in [-0.05, 0) is 26.7 Å². The SMILES string of the molecule is CC1CCCC(C)N1Cc1nc(N)nc(N2CCOCC2)n1. The lowest BCUT2D eigenvalue weighted by atomic mass is 9.97. The molecule has 0 radical (unpaired) electrons. The highest BCUT2D eigenvalue weighted by Crippen LogP contribution is 2.24. The molecule has 0 bridgehead atoms. The van der Waals surface area contributed by atoms with Crippen molar-refractivity contribution in [2.24, 2.45) is 0 Å². The molecule has 3 heterocycles. The molecule has 0 amide bonds. The second-order valence-electron chi connectivity index (χ2n) is 6.31. The molecule has 2 unspecified atom stereocenters. The molecule has 0 spiro atoms. The number of rotatable bonds is 3. The minimum atomic E-state index is 0.309. The Morgan fingerprint density at radius 3 is 2.45 bits per heavy atom. The third-order valence-corrected chi connectivity index (χ3v) is 4.68. The zero-order valence-electron chi connectivity index (χ0n) is 13.5. The number of hydrogen-bond acceptors (Lipinski definition) is 7. The Bertz CT molecular complexity index is 495. The standard InChI is InChI=1S/C15H26N6O/c1-11-4-3-5-12(2)21(11)10-13-17-14(16)19-15(18-13)20-6-8-22-9-7-20/h11-12H,3-10H2,1-2H3,(H2,16,17,18,19). The van der Waals surface area contributed by atoms with Crippen LogP contribution in [0.4, 0.5) is 11.9 Å². The van der Waals surface area contributed by atoms with Gasteiger partial charge in [-0.3, -0.25) is 4.90 Å². The van der Waals surface area contributed by atoms with Crippen LogP contribution in [0.15, 0.2) is 0 Å². The summed E-state index contributed by atoms with van der Waals surface area (Å²) in [5.41, 5.74) is 5.90. The summed E-state index contributed by atoms with van der Waals surface area (Å²) in [7, 11) is 0. The van der Waals surface area contributed by atoms with Crippen molar-refractivity contribution < 1.29 is 4.74 Å². The molecule has 22 heavy (non-hydrogen) atoms. The van der Waals surface area contributed by atoms with Gasteiger partial charge in [0.05, 0.1) is 19.8 Å². The van der Waals surface area contributed by atoms with Crippen molar-refractivity contribution in [1.29, 1.82) is 0 Å². The van der Waals surface area contributed by atoms with E-state index in [-0.39, 0.29) is 0 Å². The van der Waals surface area contributed by atoms with E-state index in [4.69, 9.17) is 10.5 Å². The summed E-state index contributed by atoms with van der Waals surface area (Å²) in [6, 6.07) is 1.13. The summed E-state index contributed by atoms with van der Waals surface area (Å²) in [6.45, 7) is 8.33. The first-order valence-corrected chi connectivity index (χ1v) is 8.22. The fourth-order valence-corrected chi connectivity index (χ4v) is 3.35. The van der Waals surface area contributed by atoms with Crippen molar-refractivity contribution in [3.8, 4) is 0 Å². The van der Waals surface area contributed by atoms with E-state index in [1.165, 1.54) is 19.3 Å². The maximum atomic E-state index is 5.90. The van der Waals surface area contributed by atoms with E-state index < -0.39 is 0 Å². The van der Waals surface area contributed by atoms with E-state index >= 15 is 0 Å². The molecule has 7 heteroatoms. The van der Waals surface area contributed by atoms with Crippen LogP contribution in [0.1, 0.15) is 38.9 Å². The second-order valence-corrected chi connectivity index (χ2v) is 6.31. The molecule has 7 nitrogen and oxygen atoms in total. The normalized spacial score (nSPS) is 27.1. The molecule has 0 aromatic carbocycles. The van der Waals surface area contributed by atoms with Crippen molar-refractivity contribution in [1.82, 2.24) is 19.9 Å². The summed E-state index contributed by atoms with van der Waals surface area (Å²) in [5, 5.41) is 0. The van der Waals surface area contributed by atoms with Crippen LogP contribution in [0.5, 0.6) is 0 Å². The van der Waals surface area contributed by atoms with E-state index in [9.17, 15) is 0 Å². The summed E-state index contributed by atoms with van der Waals surface area (Å²) < 4.78 is 5.38. The number of anilines is 2. The van der Waals surface area contributed by atoms with Crippen LogP contribution in [-0.4, -0.2) is 58.2 Å². The second kappa shape index (κ2) is 6.75. The van der Waals surface area contributed by atoms with Crippen LogP contribution >= 0.6 is 0 Å². The molecule has 2 atom stereocenters. The van der Waals surface area contributed by atoms with Crippen LogP contribution in [-0.2, 0) is 11.3 Å². The first-order chi connectivity index (χ1) is 10.6. The summed E-state index contributed by atoms with van der Waals surface area (Å²) in [6.07, 6.45) is 3.78. The third kappa shape index (κ3) is 3.47. The number of hydrogen-bond donors (Lipinski definition) is 1. The predicted molar refractivity (Wildman–Crippen MR) is 85.6 cm³/mol. The van der Waals surface area contributed by atoms with E-state index in [0.717, 1.165) is 25.5 Å². The van der Waals surface area contributed by atoms with Gasteiger partial charge in [0.1, 0.15) is 5.82 Å². The van der Waals surface area contributed by atoms with Gasteiger partial charge in [-0.25, -0.2) is 0 Å². The highest BCUT2D eigenvalue weighted by Gasteiger charge is 2.26. The molecule has 2 saturated heterocycles. The van der Waals surface area contributed by atoms with E-state index in [0.29, 0.717) is 37.2 Å². The number of morpholine rings is 1. The highest BCUT2D eigenvalue weighted by molar-refractivity contribution is 5.35. The first kappa shape index (κ1) is 15.4. The molecular formula is C15H26N6O. The van der Waals surface area contributed by atoms with Gasteiger partial charge in [-0.1, -0.05) is 6.42 Å². The van der Waals surface area contributed by atoms with Gasteiger partial charge in [-0.15, -0.1) is 0 Å². The summed E-state index contributed by atoms with van der Waals surface area (Å²) >= 11 is 0. The van der Waals surface area contributed by atoms with Crippen molar-refractivity contribution in [3.63, 3.8) is 0 Å². The van der Waals surface area contributed by atoms with E-state index in [1.54, 1.807) is 0 Å². The van der Waals surface area contributed by atoms with Gasteiger partial charge in [0.2, 0.25) is 11.9 Å². The molecule has 0 saturated carbocycles. The predicted octanol–water partition coefficient (Wildman–Crippen LogP) is 1.05. The number of aromatic nitrogens is 3. The van der Waals surface area contributed by atoms with Gasteiger partial charge in [0, 0.05) is 25.2 Å². The number of nitrogens with two attached hydrogens (primary N) is 1. The number of piperidine rings is 1. The molecule has 2 N–H and O–H groups in total. The quantitative estimate of drug-likeness (QED) is 0.894. The van der Waals surface area contributed by atoms with Crippen molar-refractivity contribution in [2.45, 2.75) is 51.7 Å². The Balaban J connectivity index is 1.76. The molecule has 0 aliphatic carbocycles. The van der Waals surface area contributed by atoms with Gasteiger partial charge >= 0.3 is 0 Å². The molecule has 1 aromatic rings. The Labute approximate surface area is 131 Å².